The third-order valence-corrected chi connectivity index (χ3v) is 6.19. The average molecular weight is 397 g/mol. The maximum atomic E-state index is 12.9. The highest BCUT2D eigenvalue weighted by atomic mass is 32.1. The van der Waals surface area contributed by atoms with Gasteiger partial charge in [-0.1, -0.05) is 6.08 Å². The first-order valence-electron chi connectivity index (χ1n) is 10.2. The molecular formula is C23H28N2O2S. The standard InChI is InChI=1S/C23H28N2O2S/c26-23(20-7-9-22(10-8-20)27-21-5-2-1-3-6-21)25-13-4-12-24(14-15-25)17-19-11-16-28-18-19/h2,5,7-11,16,18,21H,1,3-4,6,12-15,17H2. The van der Waals surface area contributed by atoms with Gasteiger partial charge in [0.2, 0.25) is 0 Å². The molecule has 0 N–H and O–H groups in total. The Morgan fingerprint density at radius 2 is 1.96 bits per heavy atom. The second-order valence-electron chi connectivity index (χ2n) is 7.59. The average Bonchev–Trinajstić information content (AvgIpc) is 3.13. The molecule has 1 atom stereocenters. The first kappa shape index (κ1) is 19.2. The zero-order chi connectivity index (χ0) is 19.2. The number of carbonyl (C=O) groups excluding carboxylic acids is 1. The van der Waals surface area contributed by atoms with Crippen molar-refractivity contribution in [2.24, 2.45) is 0 Å². The van der Waals surface area contributed by atoms with Gasteiger partial charge in [-0.15, -0.1) is 0 Å². The monoisotopic (exact) mass is 396 g/mol. The quantitative estimate of drug-likeness (QED) is 0.694. The van der Waals surface area contributed by atoms with Gasteiger partial charge >= 0.3 is 0 Å². The van der Waals surface area contributed by atoms with Crippen LogP contribution in [-0.4, -0.2) is 48.0 Å². The number of thiophene rings is 1. The predicted octanol–water partition coefficient (Wildman–Crippen LogP) is 4.58. The van der Waals surface area contributed by atoms with E-state index < -0.39 is 0 Å². The largest absolute Gasteiger partial charge is 0.486 e. The van der Waals surface area contributed by atoms with Crippen molar-refractivity contribution >= 4 is 17.2 Å². The molecule has 2 aliphatic rings. The SMILES string of the molecule is O=C(c1ccc(OC2C=CCCC2)cc1)N1CCCN(Cc2ccsc2)CC1. The van der Waals surface area contributed by atoms with Crippen LogP contribution in [0.15, 0.2) is 53.2 Å². The Kier molecular flexibility index (Phi) is 6.45. The lowest BCUT2D eigenvalue weighted by molar-refractivity contribution is 0.0761. The molecule has 148 valence electrons. The van der Waals surface area contributed by atoms with Crippen molar-refractivity contribution in [3.05, 3.63) is 64.4 Å². The Morgan fingerprint density at radius 3 is 2.71 bits per heavy atom. The third-order valence-electron chi connectivity index (χ3n) is 5.46. The first-order valence-corrected chi connectivity index (χ1v) is 11.2. The van der Waals surface area contributed by atoms with Crippen LogP contribution in [0.1, 0.15) is 41.6 Å². The van der Waals surface area contributed by atoms with Crippen molar-refractivity contribution in [1.29, 1.82) is 0 Å². The molecule has 1 saturated heterocycles. The molecule has 1 unspecified atom stereocenters. The van der Waals surface area contributed by atoms with Crippen molar-refractivity contribution in [3.63, 3.8) is 0 Å². The normalized spacial score (nSPS) is 20.7. The number of rotatable bonds is 5. The summed E-state index contributed by atoms with van der Waals surface area (Å²) in [5, 5.41) is 4.33. The zero-order valence-electron chi connectivity index (χ0n) is 16.3. The van der Waals surface area contributed by atoms with E-state index in [0.717, 1.165) is 63.3 Å². The van der Waals surface area contributed by atoms with Crippen LogP contribution in [-0.2, 0) is 6.54 Å². The number of amides is 1. The smallest absolute Gasteiger partial charge is 0.253 e. The summed E-state index contributed by atoms with van der Waals surface area (Å²) in [5.41, 5.74) is 2.12. The molecule has 1 fully saturated rings. The maximum absolute atomic E-state index is 12.9. The fourth-order valence-corrected chi connectivity index (χ4v) is 4.55. The van der Waals surface area contributed by atoms with Crippen LogP contribution in [0.4, 0.5) is 0 Å². The van der Waals surface area contributed by atoms with Crippen LogP contribution in [0.3, 0.4) is 0 Å². The Morgan fingerprint density at radius 1 is 1.07 bits per heavy atom. The second kappa shape index (κ2) is 9.39. The van der Waals surface area contributed by atoms with E-state index in [1.807, 2.05) is 29.2 Å². The molecule has 1 amide bonds. The van der Waals surface area contributed by atoms with E-state index in [-0.39, 0.29) is 12.0 Å². The molecule has 1 aliphatic heterocycles. The number of allylic oxidation sites excluding steroid dienone is 1. The van der Waals surface area contributed by atoms with Crippen LogP contribution in [0.2, 0.25) is 0 Å². The van der Waals surface area contributed by atoms with Gasteiger partial charge in [-0.05, 0) is 78.4 Å². The Bertz CT molecular complexity index is 785. The third kappa shape index (κ3) is 5.03. The fourth-order valence-electron chi connectivity index (χ4n) is 3.89. The molecule has 1 aliphatic carbocycles. The molecule has 1 aromatic heterocycles. The van der Waals surface area contributed by atoms with E-state index in [0.29, 0.717) is 0 Å². The van der Waals surface area contributed by atoms with Crippen LogP contribution in [0, 0.1) is 0 Å². The molecular weight excluding hydrogens is 368 g/mol. The molecule has 1 aromatic carbocycles. The van der Waals surface area contributed by atoms with Gasteiger partial charge in [-0.2, -0.15) is 11.3 Å². The molecule has 4 rings (SSSR count). The van der Waals surface area contributed by atoms with E-state index >= 15 is 0 Å². The maximum Gasteiger partial charge on any atom is 0.253 e. The van der Waals surface area contributed by atoms with E-state index in [2.05, 4.69) is 33.9 Å². The van der Waals surface area contributed by atoms with Gasteiger partial charge in [0.1, 0.15) is 11.9 Å². The minimum absolute atomic E-state index is 0.126. The molecule has 0 saturated carbocycles. The highest BCUT2D eigenvalue weighted by Gasteiger charge is 2.20. The van der Waals surface area contributed by atoms with E-state index in [4.69, 9.17) is 4.74 Å². The lowest BCUT2D eigenvalue weighted by Crippen LogP contribution is -2.35. The van der Waals surface area contributed by atoms with E-state index in [1.165, 1.54) is 12.0 Å². The van der Waals surface area contributed by atoms with Gasteiger partial charge < -0.3 is 9.64 Å². The number of hydrogen-bond acceptors (Lipinski definition) is 4. The molecule has 0 radical (unpaired) electrons. The summed E-state index contributed by atoms with van der Waals surface area (Å²) in [5.74, 6) is 0.965. The zero-order valence-corrected chi connectivity index (χ0v) is 17.1. The minimum atomic E-state index is 0.126. The first-order chi connectivity index (χ1) is 13.8. The van der Waals surface area contributed by atoms with Gasteiger partial charge in [-0.3, -0.25) is 9.69 Å². The van der Waals surface area contributed by atoms with E-state index in [1.54, 1.807) is 11.3 Å². The summed E-state index contributed by atoms with van der Waals surface area (Å²) in [4.78, 5) is 17.4. The Hall–Kier alpha value is -2.11. The summed E-state index contributed by atoms with van der Waals surface area (Å²) >= 11 is 1.74. The van der Waals surface area contributed by atoms with Gasteiger partial charge in [0.25, 0.3) is 5.91 Å². The van der Waals surface area contributed by atoms with Gasteiger partial charge in [-0.25, -0.2) is 0 Å². The lowest BCUT2D eigenvalue weighted by atomic mass is 10.1. The van der Waals surface area contributed by atoms with Crippen molar-refractivity contribution in [2.45, 2.75) is 38.3 Å². The molecule has 28 heavy (non-hydrogen) atoms. The summed E-state index contributed by atoms with van der Waals surface area (Å²) in [6.07, 6.45) is 8.89. The molecule has 0 bridgehead atoms. The second-order valence-corrected chi connectivity index (χ2v) is 8.37. The van der Waals surface area contributed by atoms with Crippen LogP contribution in [0.25, 0.3) is 0 Å². The van der Waals surface area contributed by atoms with Crippen molar-refractivity contribution in [3.8, 4) is 5.75 Å². The van der Waals surface area contributed by atoms with Crippen LogP contribution in [0.5, 0.6) is 5.75 Å². The topological polar surface area (TPSA) is 32.8 Å². The number of benzene rings is 1. The van der Waals surface area contributed by atoms with Gasteiger partial charge in [0, 0.05) is 38.3 Å². The molecule has 4 nitrogen and oxygen atoms in total. The summed E-state index contributed by atoms with van der Waals surface area (Å²) in [6.45, 7) is 4.56. The predicted molar refractivity (Wildman–Crippen MR) is 114 cm³/mol. The summed E-state index contributed by atoms with van der Waals surface area (Å²) in [7, 11) is 0. The number of carbonyl (C=O) groups is 1. The summed E-state index contributed by atoms with van der Waals surface area (Å²) < 4.78 is 6.00. The number of nitrogens with zero attached hydrogens (tertiary/aromatic N) is 2. The van der Waals surface area contributed by atoms with Gasteiger partial charge in [0.05, 0.1) is 0 Å². The molecule has 5 heteroatoms. The highest BCUT2D eigenvalue weighted by Crippen LogP contribution is 2.20. The fraction of sp³-hybridized carbons (Fsp3) is 0.435. The van der Waals surface area contributed by atoms with Crippen LogP contribution >= 0.6 is 11.3 Å². The van der Waals surface area contributed by atoms with Crippen molar-refractivity contribution in [2.75, 3.05) is 26.2 Å². The number of hydrogen-bond donors (Lipinski definition) is 0. The Labute approximate surface area is 171 Å². The number of ether oxygens (including phenoxy) is 1. The summed E-state index contributed by atoms with van der Waals surface area (Å²) in [6, 6.07) is 9.84. The molecule has 2 heterocycles. The minimum Gasteiger partial charge on any atom is -0.486 e. The van der Waals surface area contributed by atoms with Crippen molar-refractivity contribution in [1.82, 2.24) is 9.80 Å². The van der Waals surface area contributed by atoms with Gasteiger partial charge in [0.15, 0.2) is 0 Å². The van der Waals surface area contributed by atoms with E-state index in [9.17, 15) is 4.79 Å². The molecule has 2 aromatic rings. The Balaban J connectivity index is 1.32. The van der Waals surface area contributed by atoms with Crippen LogP contribution < -0.4 is 4.74 Å². The molecule has 0 spiro atoms. The van der Waals surface area contributed by atoms with Crippen molar-refractivity contribution < 1.29 is 9.53 Å². The highest BCUT2D eigenvalue weighted by molar-refractivity contribution is 7.07. The lowest BCUT2D eigenvalue weighted by Gasteiger charge is -2.22.